The van der Waals surface area contributed by atoms with Gasteiger partial charge in [-0.3, -0.25) is 0 Å². The maximum absolute atomic E-state index is 11.0. The van der Waals surface area contributed by atoms with Crippen molar-refractivity contribution in [3.05, 3.63) is 30.1 Å². The average Bonchev–Trinajstić information content (AvgIpc) is 2.31. The number of hydrogen-bond acceptors (Lipinski definition) is 3. The van der Waals surface area contributed by atoms with Crippen LogP contribution in [0.5, 0.6) is 0 Å². The summed E-state index contributed by atoms with van der Waals surface area (Å²) in [4.78, 5) is 9.49. The smallest absolute Gasteiger partial charge is 0.462 e. The second kappa shape index (κ2) is 7.65. The fraction of sp³-hybridized carbons (Fsp3) is 0.455. The first-order chi connectivity index (χ1) is 8.31. The maximum Gasteiger partial charge on any atom is 0.490 e. The summed E-state index contributed by atoms with van der Waals surface area (Å²) in [5.74, 6) is -2.17. The van der Waals surface area contributed by atoms with E-state index in [1.165, 1.54) is 5.56 Å². The van der Waals surface area contributed by atoms with Crippen LogP contribution in [0, 0.1) is 0 Å². The zero-order chi connectivity index (χ0) is 14.2. The van der Waals surface area contributed by atoms with Crippen LogP contribution in [0.1, 0.15) is 5.56 Å². The minimum atomic E-state index is -4.85. The molecule has 0 fully saturated rings. The van der Waals surface area contributed by atoms with Crippen LogP contribution in [0.25, 0.3) is 0 Å². The molecule has 1 aromatic rings. The van der Waals surface area contributed by atoms with E-state index in [1.807, 2.05) is 36.1 Å². The second-order valence-electron chi connectivity index (χ2n) is 3.29. The number of aromatic nitrogens is 1. The molecular formula is C11H15F3NO3+. The normalized spacial score (nSPS) is 10.3. The highest BCUT2D eigenvalue weighted by molar-refractivity contribution is 5.75. The molecule has 0 saturated heterocycles. The summed E-state index contributed by atoms with van der Waals surface area (Å²) in [6.07, 6.45) is -0.836. The SMILES string of the molecule is COC(=O)C(F)(F)F.COCc1cc[n+](C)cc1. The third kappa shape index (κ3) is 6.85. The van der Waals surface area contributed by atoms with E-state index in [4.69, 9.17) is 4.74 Å². The Balaban J connectivity index is 0.000000331. The lowest BCUT2D eigenvalue weighted by Crippen LogP contribution is -2.25. The second-order valence-corrected chi connectivity index (χ2v) is 3.29. The number of methoxy groups -OCH3 is 2. The third-order valence-corrected chi connectivity index (χ3v) is 1.78. The van der Waals surface area contributed by atoms with Gasteiger partial charge in [0.2, 0.25) is 0 Å². The van der Waals surface area contributed by atoms with Gasteiger partial charge in [0, 0.05) is 19.2 Å². The van der Waals surface area contributed by atoms with E-state index in [1.54, 1.807) is 7.11 Å². The fourth-order valence-electron chi connectivity index (χ4n) is 0.910. The molecule has 0 saturated carbocycles. The molecule has 4 nitrogen and oxygen atoms in total. The highest BCUT2D eigenvalue weighted by Gasteiger charge is 2.39. The quantitative estimate of drug-likeness (QED) is 0.599. The summed E-state index contributed by atoms with van der Waals surface area (Å²) in [6, 6.07) is 4.09. The topological polar surface area (TPSA) is 39.4 Å². The van der Waals surface area contributed by atoms with Gasteiger partial charge in [-0.1, -0.05) is 0 Å². The van der Waals surface area contributed by atoms with Gasteiger partial charge in [0.1, 0.15) is 7.05 Å². The monoisotopic (exact) mass is 266 g/mol. The number of carbonyl (C=O) groups is 1. The van der Waals surface area contributed by atoms with Crippen molar-refractivity contribution in [1.29, 1.82) is 0 Å². The first-order valence-electron chi connectivity index (χ1n) is 4.89. The molecule has 0 aromatic carbocycles. The predicted octanol–water partition coefficient (Wildman–Crippen LogP) is 1.38. The van der Waals surface area contributed by atoms with Crippen LogP contribution in [-0.2, 0) is 27.9 Å². The molecule has 0 unspecified atom stereocenters. The molecule has 0 radical (unpaired) electrons. The molecule has 1 rings (SSSR count). The van der Waals surface area contributed by atoms with Crippen molar-refractivity contribution in [3.63, 3.8) is 0 Å². The Morgan fingerprint density at radius 2 is 1.78 bits per heavy atom. The van der Waals surface area contributed by atoms with Gasteiger partial charge in [-0.2, -0.15) is 13.2 Å². The number of carbonyl (C=O) groups excluding carboxylic acids is 1. The van der Waals surface area contributed by atoms with Gasteiger partial charge in [0.15, 0.2) is 12.4 Å². The molecule has 1 aromatic heterocycles. The van der Waals surface area contributed by atoms with Crippen molar-refractivity contribution in [1.82, 2.24) is 0 Å². The van der Waals surface area contributed by atoms with Crippen molar-refractivity contribution in [2.75, 3.05) is 14.2 Å². The van der Waals surface area contributed by atoms with E-state index in [9.17, 15) is 18.0 Å². The van der Waals surface area contributed by atoms with Gasteiger partial charge in [-0.25, -0.2) is 9.36 Å². The molecule has 0 aliphatic heterocycles. The number of esters is 1. The molecule has 0 aliphatic carbocycles. The molecule has 0 spiro atoms. The van der Waals surface area contributed by atoms with E-state index < -0.39 is 12.1 Å². The van der Waals surface area contributed by atoms with Crippen molar-refractivity contribution in [3.8, 4) is 0 Å². The molecule has 1 heterocycles. The van der Waals surface area contributed by atoms with Gasteiger partial charge in [0.25, 0.3) is 0 Å². The Bertz CT molecular complexity index is 363. The summed E-state index contributed by atoms with van der Waals surface area (Å²) in [5.41, 5.74) is 1.21. The Kier molecular flexibility index (Phi) is 6.96. The molecule has 0 bridgehead atoms. The summed E-state index contributed by atoms with van der Waals surface area (Å²) in [7, 11) is 4.37. The number of halogens is 3. The summed E-state index contributed by atoms with van der Waals surface area (Å²) in [6.45, 7) is 0.695. The third-order valence-electron chi connectivity index (χ3n) is 1.78. The number of rotatable bonds is 2. The van der Waals surface area contributed by atoms with Gasteiger partial charge in [-0.05, 0) is 5.56 Å². The molecule has 0 atom stereocenters. The minimum Gasteiger partial charge on any atom is -0.462 e. The fourth-order valence-corrected chi connectivity index (χ4v) is 0.910. The number of alkyl halides is 3. The van der Waals surface area contributed by atoms with E-state index in [2.05, 4.69) is 4.74 Å². The van der Waals surface area contributed by atoms with Crippen LogP contribution in [0.15, 0.2) is 24.5 Å². The lowest BCUT2D eigenvalue weighted by Gasteiger charge is -1.99. The summed E-state index contributed by atoms with van der Waals surface area (Å²) >= 11 is 0. The van der Waals surface area contributed by atoms with Crippen LogP contribution in [0.2, 0.25) is 0 Å². The number of pyridine rings is 1. The largest absolute Gasteiger partial charge is 0.490 e. The number of aryl methyl sites for hydroxylation is 1. The zero-order valence-corrected chi connectivity index (χ0v) is 10.3. The summed E-state index contributed by atoms with van der Waals surface area (Å²) < 4.78 is 43.2. The first kappa shape index (κ1) is 16.4. The van der Waals surface area contributed by atoms with E-state index >= 15 is 0 Å². The zero-order valence-electron chi connectivity index (χ0n) is 10.3. The Morgan fingerprint density at radius 3 is 2.06 bits per heavy atom. The number of hydrogen-bond donors (Lipinski definition) is 0. The van der Waals surface area contributed by atoms with Crippen LogP contribution >= 0.6 is 0 Å². The Labute approximate surface area is 103 Å². The number of ether oxygens (including phenoxy) is 2. The van der Waals surface area contributed by atoms with Crippen LogP contribution in [0.3, 0.4) is 0 Å². The Hall–Kier alpha value is -1.63. The number of nitrogens with zero attached hydrogens (tertiary/aromatic N) is 1. The van der Waals surface area contributed by atoms with Crippen molar-refractivity contribution < 1.29 is 32.0 Å². The first-order valence-corrected chi connectivity index (χ1v) is 4.89. The van der Waals surface area contributed by atoms with Crippen LogP contribution in [-0.4, -0.2) is 26.4 Å². The Morgan fingerprint density at radius 1 is 1.28 bits per heavy atom. The molecule has 0 aliphatic rings. The molecule has 7 heteroatoms. The van der Waals surface area contributed by atoms with E-state index in [-0.39, 0.29) is 0 Å². The molecule has 0 N–H and O–H groups in total. The highest BCUT2D eigenvalue weighted by Crippen LogP contribution is 2.15. The van der Waals surface area contributed by atoms with E-state index in [0.717, 1.165) is 0 Å². The van der Waals surface area contributed by atoms with Crippen molar-refractivity contribution >= 4 is 5.97 Å². The molecule has 18 heavy (non-hydrogen) atoms. The predicted molar refractivity (Wildman–Crippen MR) is 56.4 cm³/mol. The van der Waals surface area contributed by atoms with E-state index in [0.29, 0.717) is 13.7 Å². The van der Waals surface area contributed by atoms with Crippen LogP contribution in [0.4, 0.5) is 13.2 Å². The average molecular weight is 266 g/mol. The lowest BCUT2D eigenvalue weighted by atomic mass is 10.3. The molecule has 0 amide bonds. The standard InChI is InChI=1S/C8H12NO.C3H3F3O2/c1-9-5-3-8(4-6-9)7-10-2;1-8-2(7)3(4,5)6/h3-6H,7H2,1-2H3;1H3/q+1;. The van der Waals surface area contributed by atoms with Gasteiger partial charge in [-0.15, -0.1) is 0 Å². The molecular weight excluding hydrogens is 251 g/mol. The lowest BCUT2D eigenvalue weighted by molar-refractivity contribution is -0.671. The molecule has 102 valence electrons. The van der Waals surface area contributed by atoms with Gasteiger partial charge < -0.3 is 9.47 Å². The highest BCUT2D eigenvalue weighted by atomic mass is 19.4. The van der Waals surface area contributed by atoms with Gasteiger partial charge >= 0.3 is 12.1 Å². The summed E-state index contributed by atoms with van der Waals surface area (Å²) in [5, 5.41) is 0. The van der Waals surface area contributed by atoms with Crippen molar-refractivity contribution in [2.45, 2.75) is 12.8 Å². The maximum atomic E-state index is 11.0. The van der Waals surface area contributed by atoms with Gasteiger partial charge in [0.05, 0.1) is 13.7 Å². The minimum absolute atomic E-state index is 0.676. The van der Waals surface area contributed by atoms with Crippen molar-refractivity contribution in [2.24, 2.45) is 7.05 Å². The van der Waals surface area contributed by atoms with Crippen LogP contribution < -0.4 is 4.57 Å².